The Morgan fingerprint density at radius 3 is 1.15 bits per heavy atom. The van der Waals surface area contributed by atoms with Crippen molar-refractivity contribution >= 4 is 94.7 Å². The van der Waals surface area contributed by atoms with Gasteiger partial charge in [-0.2, -0.15) is 0 Å². The standard InChI is InChI=1S/C62H113N19O19/c1-4-5-6-7-8-9-10-11-12-13-14-15-16-26-48(85)74-46(35-83)60(99)100-47(36-84)59(98)79-42(25-21-32-72-62(68)69)55(94)78-43(27-28-49(86)87)57(96)75-39(22-17-18-29-63)53(92)76-40(24-20-31-71-61(66)67)54(93)77-41(23-19-30-70-38(3)64)56(95)81-45(34-82)58(97)73-37(2)52(91)80-44(51(65)90)33-50(88)89/h37,39-47,82-84H,4-36,63H2,1-3H3,(H2,64,70)(H2,65,90)(H,73,97)(H,74,85)(H,75,96)(H,76,92)(H,77,93)(H,78,94)(H,79,98)(H,80,91)(H,81,95)(H,86,87)(H,88,89)(H4,66,67,71)(H4,68,69,72). The number of aliphatic hydroxyl groups is 3. The van der Waals surface area contributed by atoms with Crippen LogP contribution >= 0.6 is 0 Å². The topological polar surface area (TPSA) is 660 Å². The quantitative estimate of drug-likeness (QED) is 0.0117. The van der Waals surface area contributed by atoms with Crippen LogP contribution in [-0.4, -0.2) is 227 Å². The lowest BCUT2D eigenvalue weighted by Crippen LogP contribution is -2.60. The highest BCUT2D eigenvalue weighted by atomic mass is 16.6. The number of aliphatic imine (C=N–C) groups is 3. The zero-order valence-corrected chi connectivity index (χ0v) is 57.9. The van der Waals surface area contributed by atoms with E-state index in [0.29, 0.717) is 6.42 Å². The summed E-state index contributed by atoms with van der Waals surface area (Å²) in [5, 5.41) is 70.6. The zero-order valence-electron chi connectivity index (χ0n) is 57.9. The van der Waals surface area contributed by atoms with Gasteiger partial charge in [0.25, 0.3) is 5.91 Å². The number of primary amides is 1. The number of rotatable bonds is 58. The van der Waals surface area contributed by atoms with E-state index in [0.717, 1.165) is 39.0 Å². The van der Waals surface area contributed by atoms with Crippen LogP contribution in [0.4, 0.5) is 0 Å². The third-order valence-corrected chi connectivity index (χ3v) is 15.3. The number of carbonyl (C=O) groups excluding carboxylic acids is 11. The number of hydrogen-bond acceptors (Lipinski definition) is 21. The maximum Gasteiger partial charge on any atom is 0.331 e. The average Bonchev–Trinajstić information content (AvgIpc) is 0.869. The second-order valence-electron chi connectivity index (χ2n) is 24.0. The van der Waals surface area contributed by atoms with Crippen LogP contribution in [0.3, 0.4) is 0 Å². The summed E-state index contributed by atoms with van der Waals surface area (Å²) in [5.41, 5.74) is 38.7. The van der Waals surface area contributed by atoms with E-state index >= 15 is 0 Å². The van der Waals surface area contributed by atoms with Crippen molar-refractivity contribution < 1.29 is 92.6 Å². The van der Waals surface area contributed by atoms with Gasteiger partial charge in [0.1, 0.15) is 48.3 Å². The number of amidine groups is 1. The number of amides is 10. The third-order valence-electron chi connectivity index (χ3n) is 15.3. The highest BCUT2D eigenvalue weighted by Gasteiger charge is 2.36. The van der Waals surface area contributed by atoms with E-state index in [-0.39, 0.29) is 108 Å². The number of nitrogens with zero attached hydrogens (tertiary/aromatic N) is 3. The van der Waals surface area contributed by atoms with Gasteiger partial charge in [-0.1, -0.05) is 84.0 Å². The minimum Gasteiger partial charge on any atom is -0.481 e. The molecule has 0 bridgehead atoms. The summed E-state index contributed by atoms with van der Waals surface area (Å²) in [6.45, 7) is 1.55. The van der Waals surface area contributed by atoms with Gasteiger partial charge in [-0.25, -0.2) is 4.79 Å². The fourth-order valence-corrected chi connectivity index (χ4v) is 9.70. The van der Waals surface area contributed by atoms with Crippen LogP contribution in [0.5, 0.6) is 0 Å². The lowest BCUT2D eigenvalue weighted by atomic mass is 10.0. The van der Waals surface area contributed by atoms with Crippen molar-refractivity contribution in [3.63, 3.8) is 0 Å². The molecule has 570 valence electrons. The maximum absolute atomic E-state index is 14.5. The molecule has 0 aromatic heterocycles. The molecular weight excluding hydrogens is 1310 g/mol. The number of nitrogens with one attached hydrogen (secondary N) is 9. The first kappa shape index (κ1) is 91.0. The summed E-state index contributed by atoms with van der Waals surface area (Å²) in [6, 6.07) is -14.8. The van der Waals surface area contributed by atoms with Crippen LogP contribution in [0.25, 0.3) is 0 Å². The van der Waals surface area contributed by atoms with Crippen LogP contribution in [0.15, 0.2) is 15.0 Å². The first-order chi connectivity index (χ1) is 47.4. The first-order valence-corrected chi connectivity index (χ1v) is 34.0. The van der Waals surface area contributed by atoms with Crippen molar-refractivity contribution in [3.05, 3.63) is 0 Å². The van der Waals surface area contributed by atoms with Crippen molar-refractivity contribution in [2.45, 2.75) is 248 Å². The number of aliphatic hydroxyl groups excluding tert-OH is 3. The molecule has 0 rings (SSSR count). The Kier molecular flexibility index (Phi) is 49.0. The highest BCUT2D eigenvalue weighted by Crippen LogP contribution is 2.15. The second-order valence-corrected chi connectivity index (χ2v) is 24.0. The minimum absolute atomic E-state index is 0.00768. The Hall–Kier alpha value is -9.04. The predicted octanol–water partition coefficient (Wildman–Crippen LogP) is -5.04. The largest absolute Gasteiger partial charge is 0.481 e. The van der Waals surface area contributed by atoms with E-state index in [9.17, 15) is 82.8 Å². The molecule has 10 atom stereocenters. The fraction of sp³-hybridized carbons (Fsp3) is 0.742. The summed E-state index contributed by atoms with van der Waals surface area (Å²) in [6.07, 6.45) is 9.25. The molecule has 0 aliphatic rings. The first-order valence-electron chi connectivity index (χ1n) is 34.0. The van der Waals surface area contributed by atoms with Gasteiger partial charge in [0.05, 0.1) is 32.1 Å². The summed E-state index contributed by atoms with van der Waals surface area (Å²) < 4.78 is 5.21. The molecule has 0 aromatic rings. The number of carboxylic acids is 2. The van der Waals surface area contributed by atoms with Gasteiger partial charge in [0.15, 0.2) is 18.0 Å². The van der Waals surface area contributed by atoms with Gasteiger partial charge < -0.3 is 118 Å². The molecule has 0 heterocycles. The average molecular weight is 1430 g/mol. The molecule has 0 aliphatic heterocycles. The molecule has 0 aliphatic carbocycles. The van der Waals surface area contributed by atoms with E-state index in [4.69, 9.17) is 50.0 Å². The second kappa shape index (κ2) is 53.9. The predicted molar refractivity (Wildman–Crippen MR) is 367 cm³/mol. The van der Waals surface area contributed by atoms with Gasteiger partial charge in [0, 0.05) is 32.5 Å². The van der Waals surface area contributed by atoms with Crippen molar-refractivity contribution in [2.75, 3.05) is 46.0 Å². The van der Waals surface area contributed by atoms with E-state index in [1.54, 1.807) is 0 Å². The van der Waals surface area contributed by atoms with Crippen LogP contribution in [0.2, 0.25) is 0 Å². The molecule has 0 spiro atoms. The van der Waals surface area contributed by atoms with Crippen molar-refractivity contribution in [1.82, 2.24) is 47.9 Å². The Morgan fingerprint density at radius 2 is 0.770 bits per heavy atom. The Labute approximate surface area is 582 Å². The van der Waals surface area contributed by atoms with Crippen molar-refractivity contribution in [3.8, 4) is 0 Å². The van der Waals surface area contributed by atoms with E-state index in [1.165, 1.54) is 51.9 Å². The molecule has 100 heavy (non-hydrogen) atoms. The maximum atomic E-state index is 14.5. The van der Waals surface area contributed by atoms with Crippen molar-refractivity contribution in [1.29, 1.82) is 0 Å². The monoisotopic (exact) mass is 1430 g/mol. The third kappa shape index (κ3) is 42.7. The number of guanidine groups is 2. The molecule has 38 nitrogen and oxygen atoms in total. The molecule has 28 N–H and O–H groups in total. The Morgan fingerprint density at radius 1 is 0.390 bits per heavy atom. The molecule has 38 heteroatoms. The number of unbranched alkanes of at least 4 members (excludes halogenated alkanes) is 13. The molecule has 0 aromatic carbocycles. The normalized spacial score (nSPS) is 14.2. The smallest absolute Gasteiger partial charge is 0.331 e. The summed E-state index contributed by atoms with van der Waals surface area (Å²) in [7, 11) is 0. The Balaban J connectivity index is 6.83. The van der Waals surface area contributed by atoms with Gasteiger partial charge in [-0.15, -0.1) is 0 Å². The summed E-state index contributed by atoms with van der Waals surface area (Å²) in [5.74, 6) is -15.4. The summed E-state index contributed by atoms with van der Waals surface area (Å²) >= 11 is 0. The lowest BCUT2D eigenvalue weighted by molar-refractivity contribution is -0.162. The van der Waals surface area contributed by atoms with Crippen molar-refractivity contribution in [2.24, 2.45) is 55.1 Å². The summed E-state index contributed by atoms with van der Waals surface area (Å²) in [4.78, 5) is 184. The SMILES string of the molecule is CCCCCCCCCCCCCCCC(=O)NC(CO)C(=O)OC(CO)C(=O)NC(CCCN=C(N)N)C(=O)NC(CCC(=O)O)C(=O)NC(CCCCN)C(=O)NC(CCCN=C(N)N)C(=O)NC(CCCN=C(C)N)C(=O)NC(CO)C(=O)NC(C)C(=O)NC(CC(=O)O)C(N)=O. The van der Waals surface area contributed by atoms with Crippen LogP contribution in [0.1, 0.15) is 188 Å². The van der Waals surface area contributed by atoms with E-state index in [2.05, 4.69) is 69.8 Å². The molecule has 10 unspecified atom stereocenters. The number of nitrogens with two attached hydrogens (primary N) is 7. The molecule has 10 amide bonds. The van der Waals surface area contributed by atoms with Crippen LogP contribution < -0.4 is 88.0 Å². The molecule has 0 fully saturated rings. The van der Waals surface area contributed by atoms with Crippen LogP contribution in [-0.2, 0) is 67.1 Å². The van der Waals surface area contributed by atoms with E-state index < -0.39 is 177 Å². The number of aliphatic carboxylic acids is 2. The number of hydrogen-bond donors (Lipinski definition) is 21. The van der Waals surface area contributed by atoms with Gasteiger partial charge in [-0.05, 0) is 91.0 Å². The van der Waals surface area contributed by atoms with E-state index in [1.807, 2.05) is 0 Å². The van der Waals surface area contributed by atoms with Gasteiger partial charge >= 0.3 is 17.9 Å². The number of carbonyl (C=O) groups is 13. The molecular formula is C62H113N19O19. The highest BCUT2D eigenvalue weighted by molar-refractivity contribution is 5.99. The van der Waals surface area contributed by atoms with Crippen LogP contribution in [0, 0.1) is 0 Å². The molecule has 0 saturated heterocycles. The van der Waals surface area contributed by atoms with Gasteiger partial charge in [0.2, 0.25) is 59.3 Å². The van der Waals surface area contributed by atoms with Gasteiger partial charge in [-0.3, -0.25) is 72.5 Å². The lowest BCUT2D eigenvalue weighted by Gasteiger charge is -2.28. The number of ether oxygens (including phenoxy) is 1. The minimum atomic E-state index is -2.04. The Bertz CT molecular complexity index is 2660. The molecule has 0 radical (unpaired) electrons. The number of carboxylic acid groups (broad SMARTS) is 2. The zero-order chi connectivity index (χ0) is 75.5. The molecule has 0 saturated carbocycles. The fourth-order valence-electron chi connectivity index (χ4n) is 9.70. The number of esters is 1.